The Morgan fingerprint density at radius 2 is 1.77 bits per heavy atom. The van der Waals surface area contributed by atoms with Crippen molar-refractivity contribution < 1.29 is 18.0 Å². The van der Waals surface area contributed by atoms with Gasteiger partial charge in [0.1, 0.15) is 0 Å². The van der Waals surface area contributed by atoms with Gasteiger partial charge in [-0.25, -0.2) is 12.7 Å². The van der Waals surface area contributed by atoms with Gasteiger partial charge < -0.3 is 11.1 Å². The van der Waals surface area contributed by atoms with Crippen LogP contribution in [0.1, 0.15) is 35.2 Å². The fourth-order valence-corrected chi connectivity index (χ4v) is 5.19. The molecule has 1 atom stereocenters. The first kappa shape index (κ1) is 22.0. The first-order valence-corrected chi connectivity index (χ1v) is 11.7. The Labute approximate surface area is 177 Å². The summed E-state index contributed by atoms with van der Waals surface area (Å²) in [6.45, 7) is 0.642. The number of nitrogens with one attached hydrogen (secondary N) is 1. The van der Waals surface area contributed by atoms with E-state index in [1.807, 2.05) is 30.3 Å². The first-order chi connectivity index (χ1) is 14.3. The third kappa shape index (κ3) is 5.90. The molecule has 8 heteroatoms. The van der Waals surface area contributed by atoms with Gasteiger partial charge in [-0.05, 0) is 55.5 Å². The quantitative estimate of drug-likeness (QED) is 0.671. The maximum atomic E-state index is 12.8. The molecule has 30 heavy (non-hydrogen) atoms. The third-order valence-corrected chi connectivity index (χ3v) is 7.22. The summed E-state index contributed by atoms with van der Waals surface area (Å²) in [5.41, 5.74) is 7.24. The number of anilines is 1. The molecule has 0 aliphatic carbocycles. The van der Waals surface area contributed by atoms with Crippen molar-refractivity contribution in [1.82, 2.24) is 4.31 Å². The highest BCUT2D eigenvalue weighted by Gasteiger charge is 2.32. The normalized spacial score (nSPS) is 17.4. The maximum Gasteiger partial charge on any atom is 0.248 e. The van der Waals surface area contributed by atoms with Gasteiger partial charge in [0.25, 0.3) is 0 Å². The van der Waals surface area contributed by atoms with E-state index in [2.05, 4.69) is 5.32 Å². The average Bonchev–Trinajstić information content (AvgIpc) is 2.75. The predicted octanol–water partition coefficient (Wildman–Crippen LogP) is 2.40. The van der Waals surface area contributed by atoms with Crippen molar-refractivity contribution in [3.05, 3.63) is 65.7 Å². The van der Waals surface area contributed by atoms with Crippen molar-refractivity contribution in [2.45, 2.75) is 25.7 Å². The van der Waals surface area contributed by atoms with Crippen LogP contribution < -0.4 is 11.1 Å². The fourth-order valence-electron chi connectivity index (χ4n) is 3.60. The van der Waals surface area contributed by atoms with Gasteiger partial charge in [0.05, 0.1) is 11.7 Å². The summed E-state index contributed by atoms with van der Waals surface area (Å²) in [7, 11) is -3.41. The molecule has 0 aromatic heterocycles. The molecule has 1 heterocycles. The molecule has 0 radical (unpaired) electrons. The van der Waals surface area contributed by atoms with E-state index in [0.717, 1.165) is 5.56 Å². The van der Waals surface area contributed by atoms with Gasteiger partial charge in [-0.3, -0.25) is 9.59 Å². The molecule has 1 aliphatic heterocycles. The summed E-state index contributed by atoms with van der Waals surface area (Å²) >= 11 is 0. The van der Waals surface area contributed by atoms with Crippen LogP contribution in [0.15, 0.2) is 54.6 Å². The molecule has 0 unspecified atom stereocenters. The Balaban J connectivity index is 1.54. The van der Waals surface area contributed by atoms with Crippen LogP contribution in [0.25, 0.3) is 0 Å². The van der Waals surface area contributed by atoms with E-state index in [-0.39, 0.29) is 18.2 Å². The average molecular weight is 430 g/mol. The lowest BCUT2D eigenvalue weighted by Crippen LogP contribution is -2.44. The van der Waals surface area contributed by atoms with Gasteiger partial charge in [-0.2, -0.15) is 0 Å². The second-order valence-corrected chi connectivity index (χ2v) is 9.62. The molecule has 1 aliphatic rings. The zero-order chi connectivity index (χ0) is 21.6. The summed E-state index contributed by atoms with van der Waals surface area (Å²) in [5, 5.41) is 2.80. The zero-order valence-corrected chi connectivity index (χ0v) is 17.6. The molecule has 3 rings (SSSR count). The highest BCUT2D eigenvalue weighted by Crippen LogP contribution is 2.22. The topological polar surface area (TPSA) is 110 Å². The van der Waals surface area contributed by atoms with E-state index < -0.39 is 21.8 Å². The molecule has 3 N–H and O–H groups in total. The molecule has 1 fully saturated rings. The smallest absolute Gasteiger partial charge is 0.248 e. The van der Waals surface area contributed by atoms with Gasteiger partial charge in [0.2, 0.25) is 21.8 Å². The molecule has 2 aromatic carbocycles. The van der Waals surface area contributed by atoms with Crippen LogP contribution in [0.4, 0.5) is 5.69 Å². The number of hydrogen-bond donors (Lipinski definition) is 2. The number of primary amides is 1. The first-order valence-electron chi connectivity index (χ1n) is 10.1. The lowest BCUT2D eigenvalue weighted by molar-refractivity contribution is -0.120. The number of benzene rings is 2. The molecule has 7 nitrogen and oxygen atoms in total. The summed E-state index contributed by atoms with van der Waals surface area (Å²) in [6, 6.07) is 16.1. The summed E-state index contributed by atoms with van der Waals surface area (Å²) < 4.78 is 27.0. The second kappa shape index (κ2) is 9.86. The van der Waals surface area contributed by atoms with Crippen LogP contribution >= 0.6 is 0 Å². The van der Waals surface area contributed by atoms with Crippen molar-refractivity contribution in [2.24, 2.45) is 11.7 Å². The maximum absolute atomic E-state index is 12.8. The minimum atomic E-state index is -3.41. The van der Waals surface area contributed by atoms with Crippen LogP contribution in [-0.2, 0) is 21.2 Å². The summed E-state index contributed by atoms with van der Waals surface area (Å²) in [6.07, 6.45) is 2.54. The molecule has 0 saturated carbocycles. The van der Waals surface area contributed by atoms with Crippen LogP contribution in [0.2, 0.25) is 0 Å². The van der Waals surface area contributed by atoms with Gasteiger partial charge in [0, 0.05) is 24.3 Å². The van der Waals surface area contributed by atoms with Gasteiger partial charge in [0.15, 0.2) is 0 Å². The summed E-state index contributed by atoms with van der Waals surface area (Å²) in [5.74, 6) is -1.08. The minimum absolute atomic E-state index is 0.0742. The largest absolute Gasteiger partial charge is 0.366 e. The Bertz CT molecular complexity index is 975. The summed E-state index contributed by atoms with van der Waals surface area (Å²) in [4.78, 5) is 23.8. The van der Waals surface area contributed by atoms with Crippen molar-refractivity contribution in [3.63, 3.8) is 0 Å². The van der Waals surface area contributed by atoms with Crippen LogP contribution in [-0.4, -0.2) is 43.4 Å². The number of nitrogens with two attached hydrogens (primary N) is 1. The standard InChI is InChI=1S/C22H27N3O4S/c23-21(26)18-10-12-20(13-11-18)24-22(27)19-9-4-14-25(16-19)30(28,29)15-5-8-17-6-2-1-3-7-17/h1-3,6-7,10-13,19H,4-5,8-9,14-16H2,(H2,23,26)(H,24,27)/t19-/m1/s1. The number of hydrogen-bond acceptors (Lipinski definition) is 4. The van der Waals surface area contributed by atoms with Crippen molar-refractivity contribution >= 4 is 27.5 Å². The number of aryl methyl sites for hydroxylation is 1. The third-order valence-electron chi connectivity index (χ3n) is 5.30. The number of sulfonamides is 1. The highest BCUT2D eigenvalue weighted by atomic mass is 32.2. The van der Waals surface area contributed by atoms with Crippen molar-refractivity contribution in [1.29, 1.82) is 0 Å². The lowest BCUT2D eigenvalue weighted by atomic mass is 9.98. The van der Waals surface area contributed by atoms with E-state index in [1.165, 1.54) is 4.31 Å². The molecular formula is C22H27N3O4S. The predicted molar refractivity (Wildman–Crippen MR) is 116 cm³/mol. The monoisotopic (exact) mass is 429 g/mol. The minimum Gasteiger partial charge on any atom is -0.366 e. The molecule has 0 bridgehead atoms. The lowest BCUT2D eigenvalue weighted by Gasteiger charge is -2.31. The molecule has 2 amide bonds. The Hall–Kier alpha value is -2.71. The Kier molecular flexibility index (Phi) is 7.23. The molecular weight excluding hydrogens is 402 g/mol. The van der Waals surface area contributed by atoms with Crippen LogP contribution in [0.5, 0.6) is 0 Å². The molecule has 160 valence electrons. The van der Waals surface area contributed by atoms with Crippen molar-refractivity contribution in [2.75, 3.05) is 24.2 Å². The molecule has 1 saturated heterocycles. The molecule has 0 spiro atoms. The number of nitrogens with zero attached hydrogens (tertiary/aromatic N) is 1. The van der Waals surface area contributed by atoms with Gasteiger partial charge in [-0.15, -0.1) is 0 Å². The van der Waals surface area contributed by atoms with Gasteiger partial charge >= 0.3 is 0 Å². The fraction of sp³-hybridized carbons (Fsp3) is 0.364. The number of rotatable bonds is 8. The Morgan fingerprint density at radius 1 is 1.07 bits per heavy atom. The zero-order valence-electron chi connectivity index (χ0n) is 16.8. The molecule has 2 aromatic rings. The SMILES string of the molecule is NC(=O)c1ccc(NC(=O)[C@@H]2CCCN(S(=O)(=O)CCCc3ccccc3)C2)cc1. The van der Waals surface area contributed by atoms with Crippen LogP contribution in [0.3, 0.4) is 0 Å². The number of carbonyl (C=O) groups is 2. The van der Waals surface area contributed by atoms with E-state index in [9.17, 15) is 18.0 Å². The van der Waals surface area contributed by atoms with E-state index >= 15 is 0 Å². The number of amides is 2. The van der Waals surface area contributed by atoms with Gasteiger partial charge in [-0.1, -0.05) is 30.3 Å². The number of piperidine rings is 1. The second-order valence-electron chi connectivity index (χ2n) is 7.53. The van der Waals surface area contributed by atoms with E-state index in [0.29, 0.717) is 43.5 Å². The van der Waals surface area contributed by atoms with Crippen LogP contribution in [0, 0.1) is 5.92 Å². The Morgan fingerprint density at radius 3 is 2.43 bits per heavy atom. The highest BCUT2D eigenvalue weighted by molar-refractivity contribution is 7.89. The van der Waals surface area contributed by atoms with E-state index in [4.69, 9.17) is 5.73 Å². The van der Waals surface area contributed by atoms with E-state index in [1.54, 1.807) is 24.3 Å². The number of carbonyl (C=O) groups excluding carboxylic acids is 2. The van der Waals surface area contributed by atoms with Crippen molar-refractivity contribution in [3.8, 4) is 0 Å².